The number of carbonyl (C=O) groups is 1. The van der Waals surface area contributed by atoms with Crippen molar-refractivity contribution < 1.29 is 17.9 Å². The van der Waals surface area contributed by atoms with Crippen LogP contribution >= 0.6 is 0 Å². The van der Waals surface area contributed by atoms with Gasteiger partial charge < -0.3 is 9.64 Å². The van der Waals surface area contributed by atoms with Crippen molar-refractivity contribution in [2.24, 2.45) is 0 Å². The summed E-state index contributed by atoms with van der Waals surface area (Å²) in [5.41, 5.74) is 3.59. The second-order valence-corrected chi connectivity index (χ2v) is 12.3. The van der Waals surface area contributed by atoms with Crippen molar-refractivity contribution in [3.8, 4) is 5.75 Å². The minimum absolute atomic E-state index is 0.0537. The first-order valence-corrected chi connectivity index (χ1v) is 15.5. The monoisotopic (exact) mass is 567 g/mol. The molecule has 7 nitrogen and oxygen atoms in total. The number of hydrogen-bond acceptors (Lipinski definition) is 5. The van der Waals surface area contributed by atoms with E-state index in [1.807, 2.05) is 35.2 Å². The van der Waals surface area contributed by atoms with E-state index in [-0.39, 0.29) is 24.2 Å². The number of benzene rings is 4. The lowest BCUT2D eigenvalue weighted by atomic mass is 9.96. The SMILES string of the molecule is O=C([C@@H]1CN(S(=O)(=O)Cc2ccccc2)c2ccccc2O1)N1CCN(C(c2ccccc2)c2ccccc2)CC1. The fourth-order valence-corrected chi connectivity index (χ4v) is 7.33. The Morgan fingerprint density at radius 3 is 1.88 bits per heavy atom. The Balaban J connectivity index is 1.19. The Hall–Kier alpha value is -4.14. The van der Waals surface area contributed by atoms with Gasteiger partial charge in [0, 0.05) is 26.2 Å². The van der Waals surface area contributed by atoms with Gasteiger partial charge in [-0.3, -0.25) is 14.0 Å². The quantitative estimate of drug-likeness (QED) is 0.323. The largest absolute Gasteiger partial charge is 0.476 e. The highest BCUT2D eigenvalue weighted by Gasteiger charge is 2.39. The zero-order valence-corrected chi connectivity index (χ0v) is 23.6. The summed E-state index contributed by atoms with van der Waals surface area (Å²) < 4.78 is 34.6. The van der Waals surface area contributed by atoms with Gasteiger partial charge in [0.05, 0.1) is 24.0 Å². The summed E-state index contributed by atoms with van der Waals surface area (Å²) in [4.78, 5) is 18.0. The standard InChI is InChI=1S/C33H33N3O4S/c37-33(35-22-20-34(21-23-35)32(27-14-6-2-7-15-27)28-16-8-3-9-17-28)31-24-36(29-18-10-11-19-30(29)40-31)41(38,39)25-26-12-4-1-5-13-26/h1-19,31-32H,20-25H2/t31-/m0/s1. The number of hydrogen-bond donors (Lipinski definition) is 0. The number of amides is 1. The minimum atomic E-state index is -3.75. The van der Waals surface area contributed by atoms with Gasteiger partial charge in [-0.2, -0.15) is 0 Å². The van der Waals surface area contributed by atoms with Crippen LogP contribution in [0.3, 0.4) is 0 Å². The van der Waals surface area contributed by atoms with Crippen LogP contribution in [0.25, 0.3) is 0 Å². The number of sulfonamides is 1. The molecule has 41 heavy (non-hydrogen) atoms. The molecule has 2 aliphatic rings. The molecule has 2 aliphatic heterocycles. The van der Waals surface area contributed by atoms with Gasteiger partial charge in [0.1, 0.15) is 5.75 Å². The third-order valence-corrected chi connectivity index (χ3v) is 9.48. The van der Waals surface area contributed by atoms with E-state index < -0.39 is 16.1 Å². The summed E-state index contributed by atoms with van der Waals surface area (Å²) in [5, 5.41) is 0. The number of anilines is 1. The summed E-state index contributed by atoms with van der Waals surface area (Å²) in [6.45, 7) is 2.40. The Bertz CT molecular complexity index is 1540. The summed E-state index contributed by atoms with van der Waals surface area (Å²) in [7, 11) is -3.75. The van der Waals surface area contributed by atoms with Crippen molar-refractivity contribution in [3.63, 3.8) is 0 Å². The Morgan fingerprint density at radius 2 is 1.27 bits per heavy atom. The van der Waals surface area contributed by atoms with Crippen molar-refractivity contribution in [2.75, 3.05) is 37.0 Å². The topological polar surface area (TPSA) is 70.2 Å². The molecule has 1 amide bonds. The van der Waals surface area contributed by atoms with Gasteiger partial charge in [-0.25, -0.2) is 8.42 Å². The predicted octanol–water partition coefficient (Wildman–Crippen LogP) is 4.72. The molecule has 4 aromatic rings. The van der Waals surface area contributed by atoms with Crippen LogP contribution in [0.4, 0.5) is 5.69 Å². The summed E-state index contributed by atoms with van der Waals surface area (Å²) >= 11 is 0. The Kier molecular flexibility index (Phi) is 7.76. The van der Waals surface area contributed by atoms with Gasteiger partial charge in [0.15, 0.2) is 6.10 Å². The van der Waals surface area contributed by atoms with Crippen LogP contribution in [0, 0.1) is 0 Å². The fraction of sp³-hybridized carbons (Fsp3) is 0.242. The molecule has 0 unspecified atom stereocenters. The molecule has 0 N–H and O–H groups in total. The third-order valence-electron chi connectivity index (χ3n) is 7.76. The molecular formula is C33H33N3O4S. The number of para-hydroxylation sites is 2. The molecule has 0 bridgehead atoms. The molecule has 0 aromatic heterocycles. The number of carbonyl (C=O) groups excluding carboxylic acids is 1. The number of piperazine rings is 1. The van der Waals surface area contributed by atoms with Crippen molar-refractivity contribution >= 4 is 21.6 Å². The molecular weight excluding hydrogens is 534 g/mol. The van der Waals surface area contributed by atoms with Crippen molar-refractivity contribution in [1.82, 2.24) is 9.80 Å². The molecule has 8 heteroatoms. The maximum absolute atomic E-state index is 13.8. The molecule has 4 aromatic carbocycles. The van der Waals surface area contributed by atoms with Crippen molar-refractivity contribution in [1.29, 1.82) is 0 Å². The summed E-state index contributed by atoms with van der Waals surface area (Å²) in [6, 6.07) is 37.1. The first-order valence-electron chi connectivity index (χ1n) is 13.9. The lowest BCUT2D eigenvalue weighted by Crippen LogP contribution is -2.56. The molecule has 0 radical (unpaired) electrons. The van der Waals surface area contributed by atoms with E-state index in [1.54, 1.807) is 36.4 Å². The molecule has 1 saturated heterocycles. The van der Waals surface area contributed by atoms with Gasteiger partial charge in [-0.1, -0.05) is 103 Å². The van der Waals surface area contributed by atoms with E-state index in [2.05, 4.69) is 53.4 Å². The van der Waals surface area contributed by atoms with Crippen molar-refractivity contribution in [2.45, 2.75) is 17.9 Å². The Morgan fingerprint density at radius 1 is 0.732 bits per heavy atom. The van der Waals surface area contributed by atoms with E-state index in [4.69, 9.17) is 4.74 Å². The first-order chi connectivity index (χ1) is 20.0. The van der Waals surface area contributed by atoms with Gasteiger partial charge in [-0.05, 0) is 28.8 Å². The predicted molar refractivity (Wildman–Crippen MR) is 160 cm³/mol. The lowest BCUT2D eigenvalue weighted by molar-refractivity contribution is -0.140. The highest BCUT2D eigenvalue weighted by molar-refractivity contribution is 7.92. The van der Waals surface area contributed by atoms with E-state index in [1.165, 1.54) is 15.4 Å². The molecule has 2 heterocycles. The highest BCUT2D eigenvalue weighted by atomic mass is 32.2. The second-order valence-electron chi connectivity index (χ2n) is 10.4. The number of ether oxygens (including phenoxy) is 1. The fourth-order valence-electron chi connectivity index (χ4n) is 5.75. The maximum Gasteiger partial charge on any atom is 0.265 e. The summed E-state index contributed by atoms with van der Waals surface area (Å²) in [6.07, 6.45) is -0.916. The van der Waals surface area contributed by atoms with E-state index in [0.717, 1.165) is 0 Å². The zero-order valence-electron chi connectivity index (χ0n) is 22.7. The van der Waals surface area contributed by atoms with Crippen LogP contribution in [0.1, 0.15) is 22.7 Å². The average Bonchev–Trinajstić information content (AvgIpc) is 3.02. The van der Waals surface area contributed by atoms with Gasteiger partial charge in [0.2, 0.25) is 10.0 Å². The number of nitrogens with zero attached hydrogens (tertiary/aromatic N) is 3. The maximum atomic E-state index is 13.8. The molecule has 1 fully saturated rings. The van der Waals surface area contributed by atoms with Crippen LogP contribution in [-0.4, -0.2) is 63.0 Å². The zero-order chi connectivity index (χ0) is 28.2. The smallest absolute Gasteiger partial charge is 0.265 e. The van der Waals surface area contributed by atoms with E-state index in [9.17, 15) is 13.2 Å². The van der Waals surface area contributed by atoms with Crippen LogP contribution in [0.2, 0.25) is 0 Å². The average molecular weight is 568 g/mol. The van der Waals surface area contributed by atoms with Crippen LogP contribution in [0.5, 0.6) is 5.75 Å². The molecule has 0 spiro atoms. The third kappa shape index (κ3) is 5.85. The highest BCUT2D eigenvalue weighted by Crippen LogP contribution is 2.36. The van der Waals surface area contributed by atoms with Crippen LogP contribution in [0.15, 0.2) is 115 Å². The molecule has 210 valence electrons. The Labute approximate surface area is 241 Å². The van der Waals surface area contributed by atoms with Gasteiger partial charge in [-0.15, -0.1) is 0 Å². The second kappa shape index (κ2) is 11.8. The van der Waals surface area contributed by atoms with Crippen LogP contribution in [-0.2, 0) is 20.6 Å². The first kappa shape index (κ1) is 27.1. The van der Waals surface area contributed by atoms with E-state index >= 15 is 0 Å². The summed E-state index contributed by atoms with van der Waals surface area (Å²) in [5.74, 6) is 0.0675. The minimum Gasteiger partial charge on any atom is -0.476 e. The molecule has 6 rings (SSSR count). The molecule has 0 saturated carbocycles. The van der Waals surface area contributed by atoms with Gasteiger partial charge in [0.25, 0.3) is 5.91 Å². The molecule has 0 aliphatic carbocycles. The lowest BCUT2D eigenvalue weighted by Gasteiger charge is -2.42. The van der Waals surface area contributed by atoms with Gasteiger partial charge >= 0.3 is 0 Å². The number of fused-ring (bicyclic) bond motifs is 1. The van der Waals surface area contributed by atoms with Crippen LogP contribution < -0.4 is 9.04 Å². The van der Waals surface area contributed by atoms with Crippen molar-refractivity contribution in [3.05, 3.63) is 132 Å². The van der Waals surface area contributed by atoms with E-state index in [0.29, 0.717) is 43.2 Å². The molecule has 1 atom stereocenters. The normalized spacial score (nSPS) is 17.6. The number of rotatable bonds is 7.